The predicted molar refractivity (Wildman–Crippen MR) is 125 cm³/mol. The number of guanidine groups is 1. The number of amides is 1. The molecule has 0 unspecified atom stereocenters. The summed E-state index contributed by atoms with van der Waals surface area (Å²) in [5.41, 5.74) is 2.16. The molecule has 152 valence electrons. The fraction of sp³-hybridized carbons (Fsp3) is 0.333. The summed E-state index contributed by atoms with van der Waals surface area (Å²) < 4.78 is 6.02. The first-order valence-corrected chi connectivity index (χ1v) is 9.04. The summed E-state index contributed by atoms with van der Waals surface area (Å²) in [6.45, 7) is 5.37. The summed E-state index contributed by atoms with van der Waals surface area (Å²) in [5.74, 6) is 2.14. The van der Waals surface area contributed by atoms with Crippen molar-refractivity contribution in [2.75, 3.05) is 27.2 Å². The van der Waals surface area contributed by atoms with E-state index in [-0.39, 0.29) is 36.4 Å². The SMILES string of the molecule is CCNC(=NCc1ccccc1Oc1ccc(C)cc1)NCC(=O)N(C)C.I. The molecule has 0 radical (unpaired) electrons. The van der Waals surface area contributed by atoms with Crippen LogP contribution in [0.5, 0.6) is 11.5 Å². The van der Waals surface area contributed by atoms with Crippen LogP contribution in [0.25, 0.3) is 0 Å². The van der Waals surface area contributed by atoms with Gasteiger partial charge in [-0.05, 0) is 32.0 Å². The fourth-order valence-corrected chi connectivity index (χ4v) is 2.29. The molecule has 0 aromatic heterocycles. The predicted octanol–water partition coefficient (Wildman–Crippen LogP) is 3.55. The van der Waals surface area contributed by atoms with Crippen molar-refractivity contribution >= 4 is 35.8 Å². The lowest BCUT2D eigenvalue weighted by molar-refractivity contribution is -0.127. The Balaban J connectivity index is 0.00000392. The van der Waals surface area contributed by atoms with E-state index in [0.717, 1.165) is 17.1 Å². The number of hydrogen-bond donors (Lipinski definition) is 2. The lowest BCUT2D eigenvalue weighted by atomic mass is 10.2. The maximum atomic E-state index is 11.8. The molecule has 2 aromatic carbocycles. The number of hydrogen-bond acceptors (Lipinski definition) is 3. The summed E-state index contributed by atoms with van der Waals surface area (Å²) in [4.78, 5) is 17.9. The van der Waals surface area contributed by atoms with Gasteiger partial charge in [-0.3, -0.25) is 4.79 Å². The van der Waals surface area contributed by atoms with Crippen LogP contribution in [0.3, 0.4) is 0 Å². The van der Waals surface area contributed by atoms with E-state index < -0.39 is 0 Å². The van der Waals surface area contributed by atoms with Crippen molar-refractivity contribution in [3.05, 3.63) is 59.7 Å². The Kier molecular flexibility index (Phi) is 10.4. The second-order valence-corrected chi connectivity index (χ2v) is 6.36. The van der Waals surface area contributed by atoms with Crippen LogP contribution in [0.4, 0.5) is 0 Å². The number of aryl methyl sites for hydroxylation is 1. The molecule has 2 rings (SSSR count). The summed E-state index contributed by atoms with van der Waals surface area (Å²) >= 11 is 0. The summed E-state index contributed by atoms with van der Waals surface area (Å²) in [6, 6.07) is 15.8. The minimum atomic E-state index is -0.0105. The molecule has 0 spiro atoms. The molecule has 7 heteroatoms. The smallest absolute Gasteiger partial charge is 0.241 e. The number of nitrogens with zero attached hydrogens (tertiary/aromatic N) is 2. The van der Waals surface area contributed by atoms with Gasteiger partial charge in [0.1, 0.15) is 11.5 Å². The average molecular weight is 496 g/mol. The maximum Gasteiger partial charge on any atom is 0.241 e. The van der Waals surface area contributed by atoms with Crippen LogP contribution in [0.15, 0.2) is 53.5 Å². The Labute approximate surface area is 184 Å². The lowest BCUT2D eigenvalue weighted by Gasteiger charge is -2.15. The van der Waals surface area contributed by atoms with E-state index in [2.05, 4.69) is 15.6 Å². The van der Waals surface area contributed by atoms with Crippen LogP contribution in [0.1, 0.15) is 18.1 Å². The molecular weight excluding hydrogens is 467 g/mol. The van der Waals surface area contributed by atoms with Gasteiger partial charge >= 0.3 is 0 Å². The zero-order chi connectivity index (χ0) is 19.6. The maximum absolute atomic E-state index is 11.8. The highest BCUT2D eigenvalue weighted by molar-refractivity contribution is 14.0. The molecule has 1 amide bonds. The number of para-hydroxylation sites is 1. The van der Waals surface area contributed by atoms with Crippen molar-refractivity contribution in [3.8, 4) is 11.5 Å². The molecule has 6 nitrogen and oxygen atoms in total. The zero-order valence-electron chi connectivity index (χ0n) is 16.9. The Morgan fingerprint density at radius 3 is 2.39 bits per heavy atom. The van der Waals surface area contributed by atoms with Crippen LogP contribution < -0.4 is 15.4 Å². The normalized spacial score (nSPS) is 10.6. The van der Waals surface area contributed by atoms with Gasteiger partial charge in [-0.25, -0.2) is 4.99 Å². The molecule has 0 saturated carbocycles. The van der Waals surface area contributed by atoms with E-state index >= 15 is 0 Å². The average Bonchev–Trinajstić information content (AvgIpc) is 2.66. The molecule has 0 aliphatic heterocycles. The van der Waals surface area contributed by atoms with Gasteiger partial charge in [0, 0.05) is 26.2 Å². The number of nitrogens with one attached hydrogen (secondary N) is 2. The molecule has 2 N–H and O–H groups in total. The first-order chi connectivity index (χ1) is 13.0. The third kappa shape index (κ3) is 7.75. The van der Waals surface area contributed by atoms with Gasteiger partial charge in [-0.2, -0.15) is 0 Å². The molecule has 0 atom stereocenters. The third-order valence-electron chi connectivity index (χ3n) is 3.88. The second kappa shape index (κ2) is 12.2. The van der Waals surface area contributed by atoms with Crippen molar-refractivity contribution in [2.45, 2.75) is 20.4 Å². The molecular formula is C21H29IN4O2. The number of ether oxygens (including phenoxy) is 1. The first kappa shape index (κ1) is 23.7. The number of rotatable bonds is 7. The van der Waals surface area contributed by atoms with Crippen LogP contribution in [-0.4, -0.2) is 44.0 Å². The van der Waals surface area contributed by atoms with Gasteiger partial charge in [0.05, 0.1) is 13.1 Å². The van der Waals surface area contributed by atoms with Gasteiger partial charge in [-0.1, -0.05) is 35.9 Å². The number of halogens is 1. The summed E-state index contributed by atoms with van der Waals surface area (Å²) in [5, 5.41) is 6.20. The monoisotopic (exact) mass is 496 g/mol. The summed E-state index contributed by atoms with van der Waals surface area (Å²) in [6.07, 6.45) is 0. The third-order valence-corrected chi connectivity index (χ3v) is 3.88. The largest absolute Gasteiger partial charge is 0.457 e. The molecule has 0 heterocycles. The van der Waals surface area contributed by atoms with E-state index in [4.69, 9.17) is 4.74 Å². The summed E-state index contributed by atoms with van der Waals surface area (Å²) in [7, 11) is 3.46. The van der Waals surface area contributed by atoms with Crippen LogP contribution >= 0.6 is 24.0 Å². The van der Waals surface area contributed by atoms with Crippen molar-refractivity contribution in [3.63, 3.8) is 0 Å². The van der Waals surface area contributed by atoms with Crippen LogP contribution in [-0.2, 0) is 11.3 Å². The van der Waals surface area contributed by atoms with Gasteiger partial charge < -0.3 is 20.3 Å². The molecule has 28 heavy (non-hydrogen) atoms. The minimum absolute atomic E-state index is 0. The molecule has 0 saturated heterocycles. The Morgan fingerprint density at radius 1 is 1.07 bits per heavy atom. The van der Waals surface area contributed by atoms with Crippen molar-refractivity contribution < 1.29 is 9.53 Å². The Hall–Kier alpha value is -2.29. The van der Waals surface area contributed by atoms with Crippen molar-refractivity contribution in [1.82, 2.24) is 15.5 Å². The van der Waals surface area contributed by atoms with Gasteiger partial charge in [-0.15, -0.1) is 24.0 Å². The number of aliphatic imine (C=N–C) groups is 1. The Bertz CT molecular complexity index is 776. The van der Waals surface area contributed by atoms with Crippen LogP contribution in [0, 0.1) is 6.92 Å². The zero-order valence-corrected chi connectivity index (χ0v) is 19.2. The van der Waals surface area contributed by atoms with E-state index in [1.165, 1.54) is 5.56 Å². The number of likely N-dealkylation sites (N-methyl/N-ethyl adjacent to an activating group) is 1. The number of carbonyl (C=O) groups is 1. The van der Waals surface area contributed by atoms with Crippen molar-refractivity contribution in [1.29, 1.82) is 0 Å². The van der Waals surface area contributed by atoms with Crippen molar-refractivity contribution in [2.24, 2.45) is 4.99 Å². The fourth-order valence-electron chi connectivity index (χ4n) is 2.29. The second-order valence-electron chi connectivity index (χ2n) is 6.36. The highest BCUT2D eigenvalue weighted by atomic mass is 127. The highest BCUT2D eigenvalue weighted by Gasteiger charge is 2.07. The van der Waals surface area contributed by atoms with E-state index in [9.17, 15) is 4.79 Å². The number of carbonyl (C=O) groups excluding carboxylic acids is 1. The van der Waals surface area contributed by atoms with E-state index in [1.54, 1.807) is 19.0 Å². The highest BCUT2D eigenvalue weighted by Crippen LogP contribution is 2.26. The number of benzene rings is 2. The lowest BCUT2D eigenvalue weighted by Crippen LogP contribution is -2.42. The quantitative estimate of drug-likeness (QED) is 0.350. The molecule has 0 fully saturated rings. The minimum Gasteiger partial charge on any atom is -0.457 e. The van der Waals surface area contributed by atoms with E-state index in [0.29, 0.717) is 19.0 Å². The van der Waals surface area contributed by atoms with Gasteiger partial charge in [0.25, 0.3) is 0 Å². The molecule has 0 bridgehead atoms. The Morgan fingerprint density at radius 2 is 1.75 bits per heavy atom. The van der Waals surface area contributed by atoms with Gasteiger partial charge in [0.2, 0.25) is 5.91 Å². The molecule has 2 aromatic rings. The molecule has 0 aliphatic rings. The van der Waals surface area contributed by atoms with Crippen LogP contribution in [0.2, 0.25) is 0 Å². The standard InChI is InChI=1S/C21H28N4O2.HI/c1-5-22-21(24-15-20(26)25(3)4)23-14-17-8-6-7-9-19(17)27-18-12-10-16(2)11-13-18;/h6-13H,5,14-15H2,1-4H3,(H2,22,23,24);1H. The topological polar surface area (TPSA) is 66.0 Å². The van der Waals surface area contributed by atoms with Gasteiger partial charge in [0.15, 0.2) is 5.96 Å². The molecule has 0 aliphatic carbocycles. The first-order valence-electron chi connectivity index (χ1n) is 9.04. The van der Waals surface area contributed by atoms with E-state index in [1.807, 2.05) is 62.4 Å².